The molecular formula is C20H17N5O3. The molecule has 0 saturated heterocycles. The number of furan rings is 1. The number of H-pyrrole nitrogens is 1. The number of amides is 1. The SMILES string of the molecule is Cc1nc(-n2nc(-c3ccco3)cc2NC(=O)c2ccccc2)[nH]c(=O)c1C. The summed E-state index contributed by atoms with van der Waals surface area (Å²) in [6, 6.07) is 14.0. The number of anilines is 1. The van der Waals surface area contributed by atoms with Crippen molar-refractivity contribution in [2.24, 2.45) is 0 Å². The highest BCUT2D eigenvalue weighted by Crippen LogP contribution is 2.24. The van der Waals surface area contributed by atoms with Gasteiger partial charge in [-0.05, 0) is 38.1 Å². The van der Waals surface area contributed by atoms with Crippen LogP contribution < -0.4 is 10.9 Å². The Kier molecular flexibility index (Phi) is 4.36. The summed E-state index contributed by atoms with van der Waals surface area (Å²) in [5.41, 5.74) is 1.83. The van der Waals surface area contributed by atoms with Crippen LogP contribution in [0.3, 0.4) is 0 Å². The van der Waals surface area contributed by atoms with Crippen LogP contribution in [0.4, 0.5) is 5.82 Å². The Labute approximate surface area is 159 Å². The minimum Gasteiger partial charge on any atom is -0.463 e. The molecule has 0 atom stereocenters. The molecule has 0 saturated carbocycles. The minimum atomic E-state index is -0.307. The van der Waals surface area contributed by atoms with Crippen molar-refractivity contribution < 1.29 is 9.21 Å². The van der Waals surface area contributed by atoms with Gasteiger partial charge in [-0.2, -0.15) is 9.78 Å². The van der Waals surface area contributed by atoms with E-state index in [1.807, 2.05) is 6.07 Å². The summed E-state index contributed by atoms with van der Waals surface area (Å²) in [6.45, 7) is 3.44. The van der Waals surface area contributed by atoms with Crippen LogP contribution in [0, 0.1) is 13.8 Å². The summed E-state index contributed by atoms with van der Waals surface area (Å²) in [5.74, 6) is 0.778. The highest BCUT2D eigenvalue weighted by atomic mass is 16.3. The number of aromatic nitrogens is 4. The van der Waals surface area contributed by atoms with Gasteiger partial charge in [-0.25, -0.2) is 4.98 Å². The highest BCUT2D eigenvalue weighted by Gasteiger charge is 2.18. The topological polar surface area (TPSA) is 106 Å². The number of carbonyl (C=O) groups excluding carboxylic acids is 1. The number of hydrogen-bond donors (Lipinski definition) is 2. The van der Waals surface area contributed by atoms with Crippen LogP contribution in [0.15, 0.2) is 64.0 Å². The normalized spacial score (nSPS) is 10.8. The van der Waals surface area contributed by atoms with Gasteiger partial charge in [0.1, 0.15) is 11.5 Å². The van der Waals surface area contributed by atoms with Crippen molar-refractivity contribution in [1.29, 1.82) is 0 Å². The zero-order valence-corrected chi connectivity index (χ0v) is 15.3. The fraction of sp³-hybridized carbons (Fsp3) is 0.100. The van der Waals surface area contributed by atoms with E-state index in [2.05, 4.69) is 20.4 Å². The van der Waals surface area contributed by atoms with E-state index in [-0.39, 0.29) is 17.4 Å². The van der Waals surface area contributed by atoms with E-state index in [0.29, 0.717) is 34.1 Å². The Balaban J connectivity index is 1.80. The Morgan fingerprint density at radius 2 is 1.93 bits per heavy atom. The predicted octanol–water partition coefficient (Wildman–Crippen LogP) is 3.08. The predicted molar refractivity (Wildman–Crippen MR) is 104 cm³/mol. The first-order valence-corrected chi connectivity index (χ1v) is 8.61. The third-order valence-corrected chi connectivity index (χ3v) is 4.34. The van der Waals surface area contributed by atoms with Crippen LogP contribution in [-0.4, -0.2) is 25.7 Å². The van der Waals surface area contributed by atoms with Crippen LogP contribution >= 0.6 is 0 Å². The smallest absolute Gasteiger partial charge is 0.256 e. The molecule has 0 radical (unpaired) electrons. The quantitative estimate of drug-likeness (QED) is 0.570. The van der Waals surface area contributed by atoms with Crippen molar-refractivity contribution in [3.63, 3.8) is 0 Å². The van der Waals surface area contributed by atoms with Crippen LogP contribution in [0.25, 0.3) is 17.4 Å². The maximum Gasteiger partial charge on any atom is 0.256 e. The highest BCUT2D eigenvalue weighted by molar-refractivity contribution is 6.04. The standard InChI is InChI=1S/C20H17N5O3/c1-12-13(2)21-20(23-18(12)26)25-17(11-15(24-25)16-9-6-10-28-16)22-19(27)14-7-4-3-5-8-14/h3-11H,1-2H3,(H,22,27)(H,21,23,26). The lowest BCUT2D eigenvalue weighted by Gasteiger charge is -2.09. The molecular weight excluding hydrogens is 358 g/mol. The second kappa shape index (κ2) is 6.99. The maximum atomic E-state index is 12.6. The van der Waals surface area contributed by atoms with Gasteiger partial charge in [0.15, 0.2) is 5.76 Å². The van der Waals surface area contributed by atoms with E-state index in [0.717, 1.165) is 0 Å². The van der Waals surface area contributed by atoms with E-state index < -0.39 is 0 Å². The molecule has 0 aliphatic carbocycles. The molecule has 140 valence electrons. The number of hydrogen-bond acceptors (Lipinski definition) is 5. The summed E-state index contributed by atoms with van der Waals surface area (Å²) in [5, 5.41) is 7.28. The molecule has 0 spiro atoms. The van der Waals surface area contributed by atoms with Crippen LogP contribution in [0.2, 0.25) is 0 Å². The molecule has 2 N–H and O–H groups in total. The Bertz CT molecular complexity index is 1190. The molecule has 0 aliphatic rings. The van der Waals surface area contributed by atoms with E-state index in [9.17, 15) is 9.59 Å². The fourth-order valence-electron chi connectivity index (χ4n) is 2.68. The van der Waals surface area contributed by atoms with Gasteiger partial charge in [0.2, 0.25) is 5.95 Å². The van der Waals surface area contributed by atoms with Gasteiger partial charge < -0.3 is 9.73 Å². The Morgan fingerprint density at radius 3 is 2.61 bits per heavy atom. The van der Waals surface area contributed by atoms with E-state index >= 15 is 0 Å². The molecule has 8 nitrogen and oxygen atoms in total. The number of nitrogens with zero attached hydrogens (tertiary/aromatic N) is 3. The summed E-state index contributed by atoms with van der Waals surface area (Å²) in [6.07, 6.45) is 1.53. The van der Waals surface area contributed by atoms with Crippen molar-refractivity contribution >= 4 is 11.7 Å². The van der Waals surface area contributed by atoms with Gasteiger partial charge in [-0.15, -0.1) is 0 Å². The van der Waals surface area contributed by atoms with Crippen molar-refractivity contribution in [3.05, 3.63) is 82.0 Å². The summed E-state index contributed by atoms with van der Waals surface area (Å²) in [7, 11) is 0. The molecule has 0 bridgehead atoms. The molecule has 4 aromatic rings. The second-order valence-electron chi connectivity index (χ2n) is 6.22. The largest absolute Gasteiger partial charge is 0.463 e. The van der Waals surface area contributed by atoms with E-state index in [1.54, 1.807) is 56.3 Å². The number of carbonyl (C=O) groups is 1. The van der Waals surface area contributed by atoms with Crippen molar-refractivity contribution in [3.8, 4) is 17.4 Å². The van der Waals surface area contributed by atoms with E-state index in [4.69, 9.17) is 4.42 Å². The molecule has 0 fully saturated rings. The van der Waals surface area contributed by atoms with E-state index in [1.165, 1.54) is 10.9 Å². The molecule has 8 heteroatoms. The lowest BCUT2D eigenvalue weighted by atomic mass is 10.2. The van der Waals surface area contributed by atoms with Gasteiger partial charge >= 0.3 is 0 Å². The zero-order chi connectivity index (χ0) is 19.7. The zero-order valence-electron chi connectivity index (χ0n) is 15.3. The van der Waals surface area contributed by atoms with Gasteiger partial charge in [-0.1, -0.05) is 18.2 Å². The first-order valence-electron chi connectivity index (χ1n) is 8.61. The molecule has 1 aromatic carbocycles. The summed E-state index contributed by atoms with van der Waals surface area (Å²) >= 11 is 0. The fourth-order valence-corrected chi connectivity index (χ4v) is 2.68. The Morgan fingerprint density at radius 1 is 1.14 bits per heavy atom. The monoisotopic (exact) mass is 375 g/mol. The molecule has 4 rings (SSSR count). The number of aryl methyl sites for hydroxylation is 1. The first-order chi connectivity index (χ1) is 13.5. The Hall–Kier alpha value is -3.94. The average molecular weight is 375 g/mol. The molecule has 1 amide bonds. The maximum absolute atomic E-state index is 12.6. The molecule has 28 heavy (non-hydrogen) atoms. The second-order valence-corrected chi connectivity index (χ2v) is 6.22. The number of nitrogens with one attached hydrogen (secondary N) is 2. The lowest BCUT2D eigenvalue weighted by molar-refractivity contribution is 0.102. The third-order valence-electron chi connectivity index (χ3n) is 4.34. The molecule has 3 heterocycles. The lowest BCUT2D eigenvalue weighted by Crippen LogP contribution is -2.20. The first kappa shape index (κ1) is 17.5. The van der Waals surface area contributed by atoms with Gasteiger partial charge in [0, 0.05) is 22.9 Å². The number of rotatable bonds is 4. The van der Waals surface area contributed by atoms with Gasteiger partial charge in [0.25, 0.3) is 11.5 Å². The van der Waals surface area contributed by atoms with Crippen LogP contribution in [0.1, 0.15) is 21.6 Å². The molecule has 0 unspecified atom stereocenters. The van der Waals surface area contributed by atoms with Gasteiger partial charge in [-0.3, -0.25) is 14.6 Å². The summed E-state index contributed by atoms with van der Waals surface area (Å²) < 4.78 is 6.78. The third kappa shape index (κ3) is 3.23. The average Bonchev–Trinajstić information content (AvgIpc) is 3.36. The number of aromatic amines is 1. The van der Waals surface area contributed by atoms with Crippen LogP contribution in [0.5, 0.6) is 0 Å². The number of benzene rings is 1. The molecule has 0 aliphatic heterocycles. The van der Waals surface area contributed by atoms with Crippen molar-refractivity contribution in [2.75, 3.05) is 5.32 Å². The molecule has 3 aromatic heterocycles. The van der Waals surface area contributed by atoms with Crippen molar-refractivity contribution in [2.45, 2.75) is 13.8 Å². The van der Waals surface area contributed by atoms with Crippen molar-refractivity contribution in [1.82, 2.24) is 19.7 Å². The minimum absolute atomic E-state index is 0.203. The summed E-state index contributed by atoms with van der Waals surface area (Å²) in [4.78, 5) is 31.9. The van der Waals surface area contributed by atoms with Gasteiger partial charge in [0.05, 0.1) is 6.26 Å². The van der Waals surface area contributed by atoms with Crippen LogP contribution in [-0.2, 0) is 0 Å².